The topological polar surface area (TPSA) is 38.3 Å². The van der Waals surface area contributed by atoms with Crippen molar-refractivity contribution in [2.45, 2.75) is 77.4 Å². The van der Waals surface area contributed by atoms with Gasteiger partial charge in [0.1, 0.15) is 5.60 Å². The predicted octanol–water partition coefficient (Wildman–Crippen LogP) is 3.62. The molecule has 0 aromatic carbocycles. The molecule has 0 heterocycles. The molecule has 0 spiro atoms. The Hall–Kier alpha value is -0.730. The second kappa shape index (κ2) is 3.89. The Balaban J connectivity index is 1.93. The fourth-order valence-corrected chi connectivity index (χ4v) is 3.08. The number of fused-ring (bicyclic) bond motifs is 3. The van der Waals surface area contributed by atoms with Gasteiger partial charge >= 0.3 is 6.09 Å². The van der Waals surface area contributed by atoms with Gasteiger partial charge in [0.05, 0.1) is 0 Å². The third-order valence-electron chi connectivity index (χ3n) is 4.39. The number of ether oxygens (including phenoxy) is 1. The van der Waals surface area contributed by atoms with Crippen molar-refractivity contribution in [2.24, 2.45) is 5.41 Å². The van der Waals surface area contributed by atoms with Gasteiger partial charge in [-0.25, -0.2) is 4.79 Å². The lowest BCUT2D eigenvalue weighted by Gasteiger charge is -2.52. The van der Waals surface area contributed by atoms with Gasteiger partial charge in [-0.2, -0.15) is 0 Å². The molecular formula is C14H25NO2. The first-order chi connectivity index (χ1) is 7.72. The van der Waals surface area contributed by atoms with Crippen molar-refractivity contribution in [3.8, 4) is 0 Å². The number of alkyl carbamates (subject to hydrolysis) is 1. The van der Waals surface area contributed by atoms with Crippen LogP contribution in [0.5, 0.6) is 0 Å². The fourth-order valence-electron chi connectivity index (χ4n) is 3.08. The molecule has 0 atom stereocenters. The van der Waals surface area contributed by atoms with E-state index in [0.717, 1.165) is 19.3 Å². The lowest BCUT2D eigenvalue weighted by atomic mass is 9.58. The molecule has 0 unspecified atom stereocenters. The first-order valence-corrected chi connectivity index (χ1v) is 6.73. The van der Waals surface area contributed by atoms with Gasteiger partial charge in [0.25, 0.3) is 0 Å². The molecule has 3 aliphatic rings. The fraction of sp³-hybridized carbons (Fsp3) is 0.929. The quantitative estimate of drug-likeness (QED) is 0.759. The van der Waals surface area contributed by atoms with E-state index in [1.54, 1.807) is 0 Å². The second-order valence-electron chi connectivity index (χ2n) is 7.22. The summed E-state index contributed by atoms with van der Waals surface area (Å²) in [6.07, 6.45) is 6.81. The standard InChI is InChI=1S/C14H25NO2/c1-12(2,3)17-11(16)15-14-8-5-13(4,6-9-14)7-10-14/h5-10H2,1-4H3,(H,15,16). The van der Waals surface area contributed by atoms with Crippen molar-refractivity contribution in [3.05, 3.63) is 0 Å². The van der Waals surface area contributed by atoms with Gasteiger partial charge in [-0.15, -0.1) is 0 Å². The van der Waals surface area contributed by atoms with Crippen LogP contribution in [-0.2, 0) is 4.74 Å². The maximum Gasteiger partial charge on any atom is 0.408 e. The third-order valence-corrected chi connectivity index (χ3v) is 4.39. The van der Waals surface area contributed by atoms with Crippen LogP contribution in [0.25, 0.3) is 0 Å². The molecule has 3 rings (SSSR count). The van der Waals surface area contributed by atoms with Gasteiger partial charge in [0.15, 0.2) is 0 Å². The molecule has 3 aliphatic carbocycles. The minimum absolute atomic E-state index is 0.0279. The van der Waals surface area contributed by atoms with Crippen LogP contribution in [0.3, 0.4) is 0 Å². The number of carbonyl (C=O) groups excluding carboxylic acids is 1. The van der Waals surface area contributed by atoms with Gasteiger partial charge < -0.3 is 10.1 Å². The average molecular weight is 239 g/mol. The summed E-state index contributed by atoms with van der Waals surface area (Å²) >= 11 is 0. The Labute approximate surface area is 104 Å². The molecule has 0 radical (unpaired) electrons. The average Bonchev–Trinajstić information content (AvgIpc) is 2.17. The first kappa shape index (κ1) is 12.7. The highest BCUT2D eigenvalue weighted by atomic mass is 16.6. The summed E-state index contributed by atoms with van der Waals surface area (Å²) in [5.41, 5.74) is 0.163. The molecule has 3 saturated carbocycles. The van der Waals surface area contributed by atoms with Crippen molar-refractivity contribution < 1.29 is 9.53 Å². The predicted molar refractivity (Wildman–Crippen MR) is 67.9 cm³/mol. The number of hydrogen-bond donors (Lipinski definition) is 1. The molecule has 0 aromatic heterocycles. The summed E-state index contributed by atoms with van der Waals surface area (Å²) in [5, 5.41) is 3.13. The number of carbonyl (C=O) groups is 1. The summed E-state index contributed by atoms with van der Waals surface area (Å²) in [6.45, 7) is 8.10. The lowest BCUT2D eigenvalue weighted by molar-refractivity contribution is 0.0115. The van der Waals surface area contributed by atoms with Crippen molar-refractivity contribution in [2.75, 3.05) is 0 Å². The number of nitrogens with one attached hydrogen (secondary N) is 1. The second-order valence-corrected chi connectivity index (χ2v) is 7.22. The van der Waals surface area contributed by atoms with Crippen LogP contribution in [0.15, 0.2) is 0 Å². The Morgan fingerprint density at radius 3 is 1.94 bits per heavy atom. The van der Waals surface area contributed by atoms with Crippen LogP contribution in [0.1, 0.15) is 66.2 Å². The van der Waals surface area contributed by atoms with Gasteiger partial charge in [0.2, 0.25) is 0 Å². The molecular weight excluding hydrogens is 214 g/mol. The third kappa shape index (κ3) is 2.93. The summed E-state index contributed by atoms with van der Waals surface area (Å²) < 4.78 is 5.36. The van der Waals surface area contributed by atoms with Crippen molar-refractivity contribution >= 4 is 6.09 Å². The summed E-state index contributed by atoms with van der Waals surface area (Å²) in [7, 11) is 0. The SMILES string of the molecule is CC12CCC(NC(=O)OC(C)(C)C)(CC1)CC2. The van der Waals surface area contributed by atoms with E-state index in [9.17, 15) is 4.79 Å². The zero-order valence-electron chi connectivity index (χ0n) is 11.6. The highest BCUT2D eigenvalue weighted by Gasteiger charge is 2.47. The minimum Gasteiger partial charge on any atom is -0.444 e. The van der Waals surface area contributed by atoms with Crippen LogP contribution < -0.4 is 5.32 Å². The minimum atomic E-state index is -0.404. The number of rotatable bonds is 1. The van der Waals surface area contributed by atoms with Crippen LogP contribution in [0.4, 0.5) is 4.79 Å². The highest BCUT2D eigenvalue weighted by Crippen LogP contribution is 2.51. The van der Waals surface area contributed by atoms with E-state index < -0.39 is 5.60 Å². The maximum atomic E-state index is 11.9. The van der Waals surface area contributed by atoms with Crippen molar-refractivity contribution in [3.63, 3.8) is 0 Å². The molecule has 0 aliphatic heterocycles. The van der Waals surface area contributed by atoms with E-state index in [2.05, 4.69) is 12.2 Å². The van der Waals surface area contributed by atoms with Gasteiger partial charge in [-0.3, -0.25) is 0 Å². The van der Waals surface area contributed by atoms with Gasteiger partial charge in [-0.05, 0) is 64.7 Å². The van der Waals surface area contributed by atoms with Gasteiger partial charge in [0, 0.05) is 5.54 Å². The van der Waals surface area contributed by atoms with E-state index in [0.29, 0.717) is 5.41 Å². The number of amides is 1. The maximum absolute atomic E-state index is 11.9. The molecule has 3 fully saturated rings. The molecule has 0 aromatic rings. The van der Waals surface area contributed by atoms with E-state index in [1.165, 1.54) is 19.3 Å². The molecule has 1 N–H and O–H groups in total. The Morgan fingerprint density at radius 2 is 1.53 bits per heavy atom. The monoisotopic (exact) mass is 239 g/mol. The molecule has 17 heavy (non-hydrogen) atoms. The molecule has 3 heteroatoms. The van der Waals surface area contributed by atoms with Crippen LogP contribution in [0.2, 0.25) is 0 Å². The van der Waals surface area contributed by atoms with Crippen molar-refractivity contribution in [1.29, 1.82) is 0 Å². The molecule has 1 amide bonds. The molecule has 0 saturated heterocycles. The molecule has 98 valence electrons. The number of hydrogen-bond acceptors (Lipinski definition) is 2. The van der Waals surface area contributed by atoms with Crippen LogP contribution in [0, 0.1) is 5.41 Å². The van der Waals surface area contributed by atoms with E-state index in [4.69, 9.17) is 4.74 Å². The Bertz CT molecular complexity index is 292. The zero-order chi connectivity index (χ0) is 12.7. The van der Waals surface area contributed by atoms with E-state index in [-0.39, 0.29) is 11.6 Å². The summed E-state index contributed by atoms with van der Waals surface area (Å²) in [4.78, 5) is 11.9. The van der Waals surface area contributed by atoms with Crippen molar-refractivity contribution in [1.82, 2.24) is 5.32 Å². The summed E-state index contributed by atoms with van der Waals surface area (Å²) in [5.74, 6) is 0. The van der Waals surface area contributed by atoms with E-state index >= 15 is 0 Å². The van der Waals surface area contributed by atoms with Crippen LogP contribution in [-0.4, -0.2) is 17.2 Å². The largest absolute Gasteiger partial charge is 0.444 e. The normalized spacial score (nSPS) is 36.7. The smallest absolute Gasteiger partial charge is 0.408 e. The first-order valence-electron chi connectivity index (χ1n) is 6.73. The van der Waals surface area contributed by atoms with Gasteiger partial charge in [-0.1, -0.05) is 6.92 Å². The van der Waals surface area contributed by atoms with E-state index in [1.807, 2.05) is 20.8 Å². The zero-order valence-corrected chi connectivity index (χ0v) is 11.6. The van der Waals surface area contributed by atoms with Crippen LogP contribution >= 0.6 is 0 Å². The lowest BCUT2D eigenvalue weighted by Crippen LogP contribution is -2.56. The highest BCUT2D eigenvalue weighted by molar-refractivity contribution is 5.68. The Morgan fingerprint density at radius 1 is 1.06 bits per heavy atom. The molecule has 3 nitrogen and oxygen atoms in total. The Kier molecular flexibility index (Phi) is 2.91. The summed E-state index contributed by atoms with van der Waals surface area (Å²) in [6, 6.07) is 0. The molecule has 2 bridgehead atoms.